The number of hydrogen-bond acceptors (Lipinski definition) is 2. The number of benzene rings is 1. The van der Waals surface area contributed by atoms with Gasteiger partial charge in [-0.25, -0.2) is 0 Å². The maximum absolute atomic E-state index is 8.26. The molecule has 2 aliphatic rings. The zero-order valence-corrected chi connectivity index (χ0v) is 11.0. The van der Waals surface area contributed by atoms with Crippen LogP contribution < -0.4 is 0 Å². The van der Waals surface area contributed by atoms with Crippen molar-refractivity contribution in [3.8, 4) is 0 Å². The number of nitrogens with zero attached hydrogens (tertiary/aromatic N) is 2. The minimum absolute atomic E-state index is 0.723. The molecule has 2 aliphatic heterocycles. The lowest BCUT2D eigenvalue weighted by Gasteiger charge is -2.22. The van der Waals surface area contributed by atoms with E-state index in [0.717, 1.165) is 37.0 Å². The Morgan fingerprint density at radius 2 is 2.17 bits per heavy atom. The van der Waals surface area contributed by atoms with Crippen molar-refractivity contribution in [2.75, 3.05) is 26.2 Å². The molecule has 0 saturated carbocycles. The Kier molecular flexibility index (Phi) is 3.08. The summed E-state index contributed by atoms with van der Waals surface area (Å²) in [7, 11) is 0. The van der Waals surface area contributed by atoms with E-state index in [9.17, 15) is 0 Å². The molecule has 0 amide bonds. The summed E-state index contributed by atoms with van der Waals surface area (Å²) in [5.74, 6) is 1.46. The second-order valence-corrected chi connectivity index (χ2v) is 5.43. The van der Waals surface area contributed by atoms with Gasteiger partial charge in [0.2, 0.25) is 0 Å². The predicted octanol–water partition coefficient (Wildman–Crippen LogP) is 2.17. The fraction of sp³-hybridized carbons (Fsp3) is 0.533. The molecule has 3 rings (SSSR count). The van der Waals surface area contributed by atoms with E-state index in [-0.39, 0.29) is 0 Å². The highest BCUT2D eigenvalue weighted by molar-refractivity contribution is 6.00. The van der Waals surface area contributed by atoms with Crippen LogP contribution >= 0.6 is 0 Å². The van der Waals surface area contributed by atoms with Crippen molar-refractivity contribution in [3.05, 3.63) is 35.4 Å². The molecular weight excluding hydrogens is 222 g/mol. The Bertz CT molecular complexity index is 455. The highest BCUT2D eigenvalue weighted by Gasteiger charge is 2.28. The molecule has 3 heteroatoms. The molecule has 0 bridgehead atoms. The van der Waals surface area contributed by atoms with Crippen molar-refractivity contribution in [1.29, 1.82) is 5.41 Å². The molecule has 0 spiro atoms. The van der Waals surface area contributed by atoms with Crippen molar-refractivity contribution >= 4 is 5.84 Å². The molecule has 1 aromatic rings. The molecular formula is C15H21N3. The molecule has 1 unspecified atom stereocenters. The topological polar surface area (TPSA) is 30.3 Å². The first-order valence-corrected chi connectivity index (χ1v) is 6.92. The fourth-order valence-corrected chi connectivity index (χ4v) is 3.16. The van der Waals surface area contributed by atoms with Gasteiger partial charge in [-0.3, -0.25) is 5.41 Å². The second-order valence-electron chi connectivity index (χ2n) is 5.43. The fourth-order valence-electron chi connectivity index (χ4n) is 3.16. The number of nitrogens with one attached hydrogen (secondary N) is 1. The summed E-state index contributed by atoms with van der Waals surface area (Å²) in [6, 6.07) is 8.33. The predicted molar refractivity (Wildman–Crippen MR) is 73.9 cm³/mol. The van der Waals surface area contributed by atoms with Gasteiger partial charge < -0.3 is 9.80 Å². The summed E-state index contributed by atoms with van der Waals surface area (Å²) in [5, 5.41) is 8.26. The van der Waals surface area contributed by atoms with Crippen LogP contribution in [-0.2, 0) is 6.54 Å². The third kappa shape index (κ3) is 2.03. The average molecular weight is 243 g/mol. The van der Waals surface area contributed by atoms with Gasteiger partial charge in [0.1, 0.15) is 5.84 Å². The van der Waals surface area contributed by atoms with Crippen LogP contribution in [0.3, 0.4) is 0 Å². The third-order valence-electron chi connectivity index (χ3n) is 4.25. The van der Waals surface area contributed by atoms with Crippen LogP contribution in [-0.4, -0.2) is 41.8 Å². The molecule has 0 aliphatic carbocycles. The van der Waals surface area contributed by atoms with Crippen LogP contribution in [0.5, 0.6) is 0 Å². The number of fused-ring (bicyclic) bond motifs is 1. The lowest BCUT2D eigenvalue weighted by molar-refractivity contribution is 0.307. The number of amidine groups is 1. The maximum atomic E-state index is 8.26. The smallest absolute Gasteiger partial charge is 0.128 e. The van der Waals surface area contributed by atoms with E-state index >= 15 is 0 Å². The van der Waals surface area contributed by atoms with E-state index in [4.69, 9.17) is 5.41 Å². The zero-order chi connectivity index (χ0) is 12.5. The van der Waals surface area contributed by atoms with Gasteiger partial charge >= 0.3 is 0 Å². The van der Waals surface area contributed by atoms with Crippen molar-refractivity contribution in [1.82, 2.24) is 9.80 Å². The first-order chi connectivity index (χ1) is 8.78. The molecule has 3 nitrogen and oxygen atoms in total. The minimum atomic E-state index is 0.723. The molecule has 1 fully saturated rings. The van der Waals surface area contributed by atoms with Gasteiger partial charge in [-0.05, 0) is 31.0 Å². The molecule has 18 heavy (non-hydrogen) atoms. The first-order valence-electron chi connectivity index (χ1n) is 6.92. The van der Waals surface area contributed by atoms with E-state index in [1.807, 2.05) is 6.07 Å². The van der Waals surface area contributed by atoms with Gasteiger partial charge in [-0.15, -0.1) is 0 Å². The van der Waals surface area contributed by atoms with Gasteiger partial charge in [0.05, 0.1) is 0 Å². The van der Waals surface area contributed by atoms with Gasteiger partial charge in [0.15, 0.2) is 0 Å². The van der Waals surface area contributed by atoms with Crippen LogP contribution in [0.1, 0.15) is 24.5 Å². The molecule has 1 N–H and O–H groups in total. The standard InChI is InChI=1S/C15H21N3/c1-2-17-8-7-12(9-17)10-18-11-13-5-3-4-6-14(13)15(18)16/h3-6,12,16H,2,7-11H2,1H3. The van der Waals surface area contributed by atoms with Crippen LogP contribution in [0.15, 0.2) is 24.3 Å². The maximum Gasteiger partial charge on any atom is 0.128 e. The summed E-state index contributed by atoms with van der Waals surface area (Å²) in [4.78, 5) is 4.76. The monoisotopic (exact) mass is 243 g/mol. The first kappa shape index (κ1) is 11.7. The summed E-state index contributed by atoms with van der Waals surface area (Å²) in [5.41, 5.74) is 2.44. The van der Waals surface area contributed by atoms with Gasteiger partial charge in [0, 0.05) is 25.2 Å². The SMILES string of the molecule is CCN1CCC(CN2Cc3ccccc3C2=N)C1. The molecule has 1 atom stereocenters. The van der Waals surface area contributed by atoms with Gasteiger partial charge in [0.25, 0.3) is 0 Å². The van der Waals surface area contributed by atoms with E-state index in [1.54, 1.807) is 0 Å². The normalized spacial score (nSPS) is 23.7. The molecule has 0 radical (unpaired) electrons. The second kappa shape index (κ2) is 4.73. The zero-order valence-electron chi connectivity index (χ0n) is 11.0. The van der Waals surface area contributed by atoms with E-state index in [0.29, 0.717) is 0 Å². The number of rotatable bonds is 3. The molecule has 0 aromatic heterocycles. The van der Waals surface area contributed by atoms with Gasteiger partial charge in [-0.1, -0.05) is 31.2 Å². The van der Waals surface area contributed by atoms with Crippen molar-refractivity contribution in [3.63, 3.8) is 0 Å². The largest absolute Gasteiger partial charge is 0.352 e. The average Bonchev–Trinajstić information content (AvgIpc) is 2.97. The molecule has 2 heterocycles. The lowest BCUT2D eigenvalue weighted by Crippen LogP contribution is -2.31. The van der Waals surface area contributed by atoms with E-state index < -0.39 is 0 Å². The van der Waals surface area contributed by atoms with Crippen molar-refractivity contribution in [2.45, 2.75) is 19.9 Å². The Hall–Kier alpha value is -1.35. The van der Waals surface area contributed by atoms with Crippen LogP contribution in [0, 0.1) is 11.3 Å². The summed E-state index contributed by atoms with van der Waals surface area (Å²) in [6.07, 6.45) is 1.29. The highest BCUT2D eigenvalue weighted by Crippen LogP contribution is 2.25. The molecule has 1 aromatic carbocycles. The minimum Gasteiger partial charge on any atom is -0.352 e. The Morgan fingerprint density at radius 3 is 2.89 bits per heavy atom. The highest BCUT2D eigenvalue weighted by atomic mass is 15.2. The molecule has 96 valence electrons. The van der Waals surface area contributed by atoms with E-state index in [1.165, 1.54) is 25.1 Å². The lowest BCUT2D eigenvalue weighted by atomic mass is 10.1. The third-order valence-corrected chi connectivity index (χ3v) is 4.25. The van der Waals surface area contributed by atoms with Crippen molar-refractivity contribution < 1.29 is 0 Å². The molecule has 1 saturated heterocycles. The Morgan fingerprint density at radius 1 is 1.33 bits per heavy atom. The van der Waals surface area contributed by atoms with Crippen molar-refractivity contribution in [2.24, 2.45) is 5.92 Å². The van der Waals surface area contributed by atoms with Crippen LogP contribution in [0.2, 0.25) is 0 Å². The van der Waals surface area contributed by atoms with Crippen LogP contribution in [0.4, 0.5) is 0 Å². The number of hydrogen-bond donors (Lipinski definition) is 1. The summed E-state index contributed by atoms with van der Waals surface area (Å²) in [6.45, 7) is 7.80. The van der Waals surface area contributed by atoms with Gasteiger partial charge in [-0.2, -0.15) is 0 Å². The van der Waals surface area contributed by atoms with E-state index in [2.05, 4.69) is 34.9 Å². The Balaban J connectivity index is 1.65. The van der Waals surface area contributed by atoms with Crippen LogP contribution in [0.25, 0.3) is 0 Å². The summed E-state index contributed by atoms with van der Waals surface area (Å²) < 4.78 is 0. The summed E-state index contributed by atoms with van der Waals surface area (Å²) >= 11 is 0. The quantitative estimate of drug-likeness (QED) is 0.882. The Labute approximate surface area is 109 Å². The number of likely N-dealkylation sites (tertiary alicyclic amines) is 1.